The zero-order valence-corrected chi connectivity index (χ0v) is 6.83. The standard InChI is InChI=1S/C5H11.Al.2H2.2H/c1-3-5-4-2;;;;;/h1,3-5H2,2H3;;2*1H;;. The Morgan fingerprint density at radius 2 is 2.17 bits per heavy atom. The Balaban J connectivity index is -0.000000125. The van der Waals surface area contributed by atoms with Gasteiger partial charge in [0.05, 0.1) is 0 Å². The van der Waals surface area contributed by atoms with Crippen molar-refractivity contribution in [1.29, 1.82) is 0 Å². The van der Waals surface area contributed by atoms with Crippen LogP contribution >= 0.6 is 0 Å². The molecule has 0 spiro atoms. The van der Waals surface area contributed by atoms with E-state index < -0.39 is 0 Å². The SMILES string of the molecule is CCCC[CH2][AlH2].[HH].[HH]. The normalized spacial score (nSPS) is 8.83. The smallest absolute Gasteiger partial charge is 0.101 e. The van der Waals surface area contributed by atoms with Gasteiger partial charge in [0.2, 0.25) is 16.3 Å². The Hall–Kier alpha value is 0.532. The van der Waals surface area contributed by atoms with Crippen molar-refractivity contribution < 1.29 is 2.85 Å². The van der Waals surface area contributed by atoms with Crippen LogP contribution in [0.5, 0.6) is 0 Å². The maximum absolute atomic E-state index is 2.25. The van der Waals surface area contributed by atoms with E-state index in [2.05, 4.69) is 6.92 Å². The molecule has 6 heavy (non-hydrogen) atoms. The van der Waals surface area contributed by atoms with E-state index in [4.69, 9.17) is 0 Å². The van der Waals surface area contributed by atoms with E-state index in [0.29, 0.717) is 0 Å². The van der Waals surface area contributed by atoms with Crippen LogP contribution in [0.3, 0.4) is 0 Å². The molecule has 0 atom stereocenters. The second kappa shape index (κ2) is 5.53. The zero-order valence-electron chi connectivity index (χ0n) is 4.83. The predicted octanol–water partition coefficient (Wildman–Crippen LogP) is 1.72. The molecular weight excluding hydrogens is 87.0 g/mol. The average Bonchev–Trinajstić information content (AvgIpc) is 1.61. The van der Waals surface area contributed by atoms with Gasteiger partial charge in [-0.25, -0.2) is 0 Å². The van der Waals surface area contributed by atoms with Crippen molar-refractivity contribution in [2.45, 2.75) is 31.5 Å². The largest absolute Gasteiger partial charge is 0.211 e. The highest BCUT2D eigenvalue weighted by atomic mass is 27.0. The first-order chi connectivity index (χ1) is 2.91. The molecule has 0 unspecified atom stereocenters. The fourth-order valence-electron chi connectivity index (χ4n) is 0.500. The fraction of sp³-hybridized carbons (Fsp3) is 1.00. The van der Waals surface area contributed by atoms with E-state index in [1.807, 2.05) is 0 Å². The van der Waals surface area contributed by atoms with Crippen molar-refractivity contribution in [3.63, 3.8) is 0 Å². The van der Waals surface area contributed by atoms with Gasteiger partial charge in [-0.15, -0.1) is 5.28 Å². The van der Waals surface area contributed by atoms with Gasteiger partial charge in [-0.1, -0.05) is 26.2 Å². The fourth-order valence-corrected chi connectivity index (χ4v) is 1.000. The molecule has 0 aromatic heterocycles. The predicted molar refractivity (Wildman–Crippen MR) is 37.1 cm³/mol. The molecule has 0 rings (SSSR count). The summed E-state index contributed by atoms with van der Waals surface area (Å²) in [5.74, 6) is 0. The second-order valence-electron chi connectivity index (χ2n) is 1.71. The van der Waals surface area contributed by atoms with Gasteiger partial charge in [-0.3, -0.25) is 0 Å². The highest BCUT2D eigenvalue weighted by molar-refractivity contribution is 6.08. The van der Waals surface area contributed by atoms with E-state index in [9.17, 15) is 0 Å². The lowest BCUT2D eigenvalue weighted by Crippen LogP contribution is -1.69. The summed E-state index contributed by atoms with van der Waals surface area (Å²) in [7, 11) is 0. The summed E-state index contributed by atoms with van der Waals surface area (Å²) in [6.07, 6.45) is 4.30. The molecule has 0 fully saturated rings. The molecule has 0 aromatic rings. The van der Waals surface area contributed by atoms with Crippen LogP contribution in [-0.4, -0.2) is 16.3 Å². The molecule has 0 bridgehead atoms. The van der Waals surface area contributed by atoms with E-state index >= 15 is 0 Å². The van der Waals surface area contributed by atoms with Crippen molar-refractivity contribution in [2.75, 3.05) is 0 Å². The molecule has 0 saturated carbocycles. The van der Waals surface area contributed by atoms with E-state index in [1.54, 1.807) is 0 Å². The van der Waals surface area contributed by atoms with Crippen LogP contribution in [0.4, 0.5) is 0 Å². The molecule has 0 nitrogen and oxygen atoms in total. The minimum Gasteiger partial charge on any atom is -0.101 e. The van der Waals surface area contributed by atoms with Crippen molar-refractivity contribution >= 4 is 16.3 Å². The summed E-state index contributed by atoms with van der Waals surface area (Å²) >= 11 is 1.40. The minimum atomic E-state index is 0. The summed E-state index contributed by atoms with van der Waals surface area (Å²) < 4.78 is 0. The number of rotatable bonds is 3. The Labute approximate surface area is 51.3 Å². The van der Waals surface area contributed by atoms with Crippen molar-refractivity contribution in [3.8, 4) is 0 Å². The zero-order chi connectivity index (χ0) is 4.83. The molecule has 0 aliphatic rings. The molecule has 0 aromatic carbocycles. The van der Waals surface area contributed by atoms with Gasteiger partial charge in [0.25, 0.3) is 0 Å². The molecular formula is C5H17Al. The van der Waals surface area contributed by atoms with E-state index in [1.165, 1.54) is 40.8 Å². The highest BCUT2D eigenvalue weighted by Crippen LogP contribution is 1.94. The summed E-state index contributed by atoms with van der Waals surface area (Å²) in [5, 5.41) is 1.49. The highest BCUT2D eigenvalue weighted by Gasteiger charge is 1.76. The molecule has 0 radical (unpaired) electrons. The Morgan fingerprint density at radius 3 is 2.33 bits per heavy atom. The first-order valence-electron chi connectivity index (χ1n) is 2.91. The van der Waals surface area contributed by atoms with Crippen molar-refractivity contribution in [3.05, 3.63) is 0 Å². The molecule has 0 N–H and O–H groups in total. The molecule has 1 heteroatoms. The van der Waals surface area contributed by atoms with Gasteiger partial charge < -0.3 is 0 Å². The second-order valence-corrected chi connectivity index (χ2v) is 2.71. The first-order valence-corrected chi connectivity index (χ1v) is 4.33. The first kappa shape index (κ1) is 6.53. The lowest BCUT2D eigenvalue weighted by atomic mass is 10.3. The Kier molecular flexibility index (Phi) is 6.02. The number of unbranched alkanes of at least 4 members (excludes halogenated alkanes) is 2. The Bertz CT molecular complexity index is 22.4. The number of hydrogen-bond donors (Lipinski definition) is 0. The van der Waals surface area contributed by atoms with Gasteiger partial charge in [0.1, 0.15) is 0 Å². The van der Waals surface area contributed by atoms with Crippen LogP contribution in [-0.2, 0) is 0 Å². The van der Waals surface area contributed by atoms with Crippen LogP contribution in [0.25, 0.3) is 0 Å². The third kappa shape index (κ3) is 4.53. The van der Waals surface area contributed by atoms with Gasteiger partial charge in [-0.2, -0.15) is 0 Å². The lowest BCUT2D eigenvalue weighted by molar-refractivity contribution is 0.771. The minimum absolute atomic E-state index is 0. The molecule has 40 valence electrons. The third-order valence-corrected chi connectivity index (χ3v) is 1.66. The average molecular weight is 104 g/mol. The monoisotopic (exact) mass is 104 g/mol. The summed E-state index contributed by atoms with van der Waals surface area (Å²) in [5.41, 5.74) is 0. The van der Waals surface area contributed by atoms with Gasteiger partial charge in [0.15, 0.2) is 0 Å². The van der Waals surface area contributed by atoms with E-state index in [0.717, 1.165) is 0 Å². The molecule has 0 saturated heterocycles. The topological polar surface area (TPSA) is 0 Å². The van der Waals surface area contributed by atoms with Crippen molar-refractivity contribution in [1.82, 2.24) is 0 Å². The van der Waals surface area contributed by atoms with Crippen LogP contribution in [0, 0.1) is 0 Å². The number of hydrogen-bond acceptors (Lipinski definition) is 0. The van der Waals surface area contributed by atoms with Gasteiger partial charge in [-0.05, 0) is 0 Å². The summed E-state index contributed by atoms with van der Waals surface area (Å²) in [4.78, 5) is 0. The van der Waals surface area contributed by atoms with Gasteiger partial charge >= 0.3 is 0 Å². The van der Waals surface area contributed by atoms with Crippen LogP contribution < -0.4 is 0 Å². The third-order valence-electron chi connectivity index (χ3n) is 0.957. The van der Waals surface area contributed by atoms with Crippen LogP contribution in [0.1, 0.15) is 29.0 Å². The molecule has 0 amide bonds. The van der Waals surface area contributed by atoms with Crippen LogP contribution in [0.15, 0.2) is 0 Å². The molecule has 0 aliphatic carbocycles. The van der Waals surface area contributed by atoms with Gasteiger partial charge in [0, 0.05) is 2.85 Å². The quantitative estimate of drug-likeness (QED) is 0.378. The summed E-state index contributed by atoms with van der Waals surface area (Å²) in [6, 6.07) is 0. The molecule has 0 aliphatic heterocycles. The lowest BCUT2D eigenvalue weighted by Gasteiger charge is -1.86. The maximum Gasteiger partial charge on any atom is 0.211 e. The van der Waals surface area contributed by atoms with Crippen LogP contribution in [0.2, 0.25) is 5.28 Å². The molecule has 0 heterocycles. The van der Waals surface area contributed by atoms with E-state index in [-0.39, 0.29) is 2.85 Å². The maximum atomic E-state index is 2.25. The Morgan fingerprint density at radius 1 is 1.50 bits per heavy atom. The van der Waals surface area contributed by atoms with Crippen molar-refractivity contribution in [2.24, 2.45) is 0 Å². The summed E-state index contributed by atoms with van der Waals surface area (Å²) in [6.45, 7) is 2.25.